The molecular weight excluding hydrogens is 350 g/mol. The quantitative estimate of drug-likeness (QED) is 0.748. The second-order valence-corrected chi connectivity index (χ2v) is 6.96. The van der Waals surface area contributed by atoms with Crippen LogP contribution in [0.15, 0.2) is 24.3 Å². The predicted octanol–water partition coefficient (Wildman–Crippen LogP) is 2.34. The Morgan fingerprint density at radius 3 is 2.70 bits per heavy atom. The van der Waals surface area contributed by atoms with Crippen molar-refractivity contribution in [2.45, 2.75) is 44.2 Å². The number of rotatable bonds is 8. The number of ether oxygens (including phenoxy) is 3. The molecule has 0 radical (unpaired) electrons. The molecule has 148 valence electrons. The van der Waals surface area contributed by atoms with Crippen molar-refractivity contribution in [3.8, 4) is 5.75 Å². The minimum absolute atomic E-state index is 0.00191. The van der Waals surface area contributed by atoms with E-state index in [0.29, 0.717) is 31.1 Å². The van der Waals surface area contributed by atoms with Gasteiger partial charge in [-0.25, -0.2) is 0 Å². The van der Waals surface area contributed by atoms with E-state index in [4.69, 9.17) is 19.3 Å². The van der Waals surface area contributed by atoms with E-state index < -0.39 is 5.97 Å². The monoisotopic (exact) mass is 377 g/mol. The first kappa shape index (κ1) is 19.6. The van der Waals surface area contributed by atoms with E-state index in [2.05, 4.69) is 0 Å². The zero-order valence-corrected chi connectivity index (χ0v) is 15.5. The lowest BCUT2D eigenvalue weighted by molar-refractivity contribution is -0.137. The maximum atomic E-state index is 13.1. The minimum Gasteiger partial charge on any atom is -0.491 e. The molecule has 7 heteroatoms. The molecule has 2 saturated heterocycles. The summed E-state index contributed by atoms with van der Waals surface area (Å²) in [6.07, 6.45) is 3.53. The van der Waals surface area contributed by atoms with Gasteiger partial charge in [0.05, 0.1) is 12.5 Å². The Balaban J connectivity index is 1.67. The third-order valence-corrected chi connectivity index (χ3v) is 5.00. The summed E-state index contributed by atoms with van der Waals surface area (Å²) in [5, 5.41) is 9.04. The zero-order chi connectivity index (χ0) is 19.1. The number of carbonyl (C=O) groups is 2. The number of hydrogen-bond acceptors (Lipinski definition) is 5. The predicted molar refractivity (Wildman–Crippen MR) is 98.0 cm³/mol. The molecule has 2 fully saturated rings. The van der Waals surface area contributed by atoms with E-state index in [0.717, 1.165) is 32.3 Å². The fourth-order valence-corrected chi connectivity index (χ4v) is 3.51. The lowest BCUT2D eigenvalue weighted by atomic mass is 10.0. The molecule has 0 aromatic heterocycles. The fraction of sp³-hybridized carbons (Fsp3) is 0.600. The molecule has 2 aliphatic heterocycles. The molecule has 0 saturated carbocycles. The highest BCUT2D eigenvalue weighted by molar-refractivity contribution is 5.95. The molecule has 3 rings (SSSR count). The van der Waals surface area contributed by atoms with Crippen LogP contribution in [-0.2, 0) is 14.3 Å². The van der Waals surface area contributed by atoms with Gasteiger partial charge >= 0.3 is 5.97 Å². The molecule has 2 heterocycles. The maximum absolute atomic E-state index is 13.1. The summed E-state index contributed by atoms with van der Waals surface area (Å²) < 4.78 is 16.7. The van der Waals surface area contributed by atoms with Crippen LogP contribution < -0.4 is 4.74 Å². The van der Waals surface area contributed by atoms with Crippen LogP contribution in [0.1, 0.15) is 42.5 Å². The topological polar surface area (TPSA) is 85.3 Å². The summed E-state index contributed by atoms with van der Waals surface area (Å²) >= 11 is 0. The molecule has 7 nitrogen and oxygen atoms in total. The van der Waals surface area contributed by atoms with Crippen LogP contribution in [0.5, 0.6) is 5.75 Å². The Morgan fingerprint density at radius 1 is 1.19 bits per heavy atom. The summed E-state index contributed by atoms with van der Waals surface area (Å²) in [7, 11) is 0. The van der Waals surface area contributed by atoms with Gasteiger partial charge in [-0.2, -0.15) is 0 Å². The molecule has 0 unspecified atom stereocenters. The van der Waals surface area contributed by atoms with Gasteiger partial charge in [0.2, 0.25) is 0 Å². The number of carbonyl (C=O) groups excluding carboxylic acids is 1. The number of amides is 1. The Hall–Kier alpha value is -2.12. The van der Waals surface area contributed by atoms with Crippen molar-refractivity contribution in [2.24, 2.45) is 0 Å². The minimum atomic E-state index is -0.909. The summed E-state index contributed by atoms with van der Waals surface area (Å²) in [5.41, 5.74) is 0.511. The van der Waals surface area contributed by atoms with Crippen molar-refractivity contribution in [2.75, 3.05) is 33.0 Å². The average molecular weight is 377 g/mol. The normalized spacial score (nSPS) is 20.4. The molecule has 1 aromatic carbocycles. The Bertz CT molecular complexity index is 637. The molecule has 1 amide bonds. The van der Waals surface area contributed by atoms with E-state index in [1.165, 1.54) is 0 Å². The molecule has 1 N–H and O–H groups in total. The smallest absolute Gasteiger partial charge is 0.305 e. The van der Waals surface area contributed by atoms with Crippen LogP contribution in [-0.4, -0.2) is 67.0 Å². The van der Waals surface area contributed by atoms with Crippen LogP contribution >= 0.6 is 0 Å². The van der Waals surface area contributed by atoms with E-state index in [9.17, 15) is 9.59 Å². The maximum Gasteiger partial charge on any atom is 0.305 e. The standard InChI is InChI=1S/C20H27NO6/c22-19(23)6-9-21(16-7-11-25-12-8-16)20(24)15-3-1-4-17(13-15)27-14-18-5-2-10-26-18/h1,3-4,13,16,18H,2,5-12,14H2,(H,22,23)/t18-/m1/s1. The van der Waals surface area contributed by atoms with Gasteiger partial charge < -0.3 is 24.2 Å². The highest BCUT2D eigenvalue weighted by Gasteiger charge is 2.27. The van der Waals surface area contributed by atoms with Crippen molar-refractivity contribution in [3.63, 3.8) is 0 Å². The largest absolute Gasteiger partial charge is 0.491 e. The molecule has 0 bridgehead atoms. The van der Waals surface area contributed by atoms with Gasteiger partial charge in [0.1, 0.15) is 12.4 Å². The van der Waals surface area contributed by atoms with E-state index in [1.807, 2.05) is 6.07 Å². The van der Waals surface area contributed by atoms with Gasteiger partial charge in [0, 0.05) is 38.0 Å². The SMILES string of the molecule is O=C(O)CCN(C(=O)c1cccc(OC[C@H]2CCCO2)c1)C1CCOCC1. The third kappa shape index (κ3) is 5.68. The van der Waals surface area contributed by atoms with Crippen molar-refractivity contribution >= 4 is 11.9 Å². The molecular formula is C20H27NO6. The number of benzene rings is 1. The second kappa shape index (κ2) is 9.71. The van der Waals surface area contributed by atoms with Crippen molar-refractivity contribution in [1.29, 1.82) is 0 Å². The lowest BCUT2D eigenvalue weighted by Crippen LogP contribution is -2.44. The van der Waals surface area contributed by atoms with Crippen LogP contribution in [0.4, 0.5) is 0 Å². The highest BCUT2D eigenvalue weighted by atomic mass is 16.5. The number of nitrogens with zero attached hydrogens (tertiary/aromatic N) is 1. The van der Waals surface area contributed by atoms with Gasteiger partial charge in [0.15, 0.2) is 0 Å². The number of carboxylic acids is 1. The average Bonchev–Trinajstić information content (AvgIpc) is 3.21. The van der Waals surface area contributed by atoms with Crippen molar-refractivity contribution < 1.29 is 28.9 Å². The second-order valence-electron chi connectivity index (χ2n) is 6.96. The summed E-state index contributed by atoms with van der Waals surface area (Å²) in [6, 6.07) is 7.08. The van der Waals surface area contributed by atoms with Gasteiger partial charge in [-0.05, 0) is 43.9 Å². The summed E-state index contributed by atoms with van der Waals surface area (Å²) in [6.45, 7) is 2.62. The first-order valence-corrected chi connectivity index (χ1v) is 9.58. The molecule has 1 atom stereocenters. The fourth-order valence-electron chi connectivity index (χ4n) is 3.51. The Kier molecular flexibility index (Phi) is 7.06. The van der Waals surface area contributed by atoms with Crippen LogP contribution in [0.3, 0.4) is 0 Å². The molecule has 0 spiro atoms. The van der Waals surface area contributed by atoms with Crippen LogP contribution in [0.25, 0.3) is 0 Å². The molecule has 1 aromatic rings. The van der Waals surface area contributed by atoms with Crippen molar-refractivity contribution in [1.82, 2.24) is 4.90 Å². The van der Waals surface area contributed by atoms with Gasteiger partial charge in [-0.15, -0.1) is 0 Å². The molecule has 27 heavy (non-hydrogen) atoms. The number of carboxylic acid groups (broad SMARTS) is 1. The Labute approximate surface area is 159 Å². The third-order valence-electron chi connectivity index (χ3n) is 5.00. The molecule has 0 aliphatic carbocycles. The lowest BCUT2D eigenvalue weighted by Gasteiger charge is -2.34. The Morgan fingerprint density at radius 2 is 2.00 bits per heavy atom. The van der Waals surface area contributed by atoms with Crippen LogP contribution in [0, 0.1) is 0 Å². The van der Waals surface area contributed by atoms with Crippen molar-refractivity contribution in [3.05, 3.63) is 29.8 Å². The van der Waals surface area contributed by atoms with Gasteiger partial charge in [-0.3, -0.25) is 9.59 Å². The first-order valence-electron chi connectivity index (χ1n) is 9.58. The number of hydrogen-bond donors (Lipinski definition) is 1. The van der Waals surface area contributed by atoms with Gasteiger partial charge in [0.25, 0.3) is 5.91 Å². The van der Waals surface area contributed by atoms with E-state index >= 15 is 0 Å². The summed E-state index contributed by atoms with van der Waals surface area (Å²) in [5.74, 6) is -0.444. The van der Waals surface area contributed by atoms with E-state index in [-0.39, 0.29) is 31.0 Å². The van der Waals surface area contributed by atoms with Crippen LogP contribution in [0.2, 0.25) is 0 Å². The number of aliphatic carboxylic acids is 1. The highest BCUT2D eigenvalue weighted by Crippen LogP contribution is 2.21. The van der Waals surface area contributed by atoms with E-state index in [1.54, 1.807) is 23.1 Å². The molecule has 2 aliphatic rings. The first-order chi connectivity index (χ1) is 13.1. The van der Waals surface area contributed by atoms with Gasteiger partial charge in [-0.1, -0.05) is 6.07 Å². The summed E-state index contributed by atoms with van der Waals surface area (Å²) in [4.78, 5) is 25.8. The zero-order valence-electron chi connectivity index (χ0n) is 15.5.